The van der Waals surface area contributed by atoms with E-state index in [2.05, 4.69) is 0 Å². The van der Waals surface area contributed by atoms with Crippen LogP contribution in [0.1, 0.15) is 17.5 Å². The Balaban J connectivity index is 2.10. The SMILES string of the molecule is O=C(Cl)CN1CCC(c2ccccc2)(c2ccccc2)C1=O. The van der Waals surface area contributed by atoms with Gasteiger partial charge in [0.05, 0.1) is 6.54 Å². The van der Waals surface area contributed by atoms with E-state index in [9.17, 15) is 9.59 Å². The molecule has 0 saturated carbocycles. The zero-order valence-electron chi connectivity index (χ0n) is 12.0. The summed E-state index contributed by atoms with van der Waals surface area (Å²) in [5.74, 6) is -0.0566. The third-order valence-electron chi connectivity index (χ3n) is 4.26. The van der Waals surface area contributed by atoms with Gasteiger partial charge in [0.25, 0.3) is 0 Å². The molecular formula is C18H16ClNO2. The molecule has 1 amide bonds. The Labute approximate surface area is 134 Å². The first kappa shape index (κ1) is 14.8. The standard InChI is InChI=1S/C18H16ClNO2/c19-16(21)13-20-12-11-18(17(20)22,14-7-3-1-4-8-14)15-9-5-2-6-10-15/h1-10H,11-13H2. The molecule has 1 fully saturated rings. The van der Waals surface area contributed by atoms with Crippen LogP contribution in [0.3, 0.4) is 0 Å². The summed E-state index contributed by atoms with van der Waals surface area (Å²) in [6, 6.07) is 19.5. The van der Waals surface area contributed by atoms with E-state index in [1.807, 2.05) is 60.7 Å². The number of carbonyl (C=O) groups is 2. The molecule has 3 rings (SSSR count). The summed E-state index contributed by atoms with van der Waals surface area (Å²) in [6.45, 7) is 0.489. The van der Waals surface area contributed by atoms with Gasteiger partial charge in [-0.25, -0.2) is 0 Å². The molecule has 1 heterocycles. The molecule has 2 aromatic rings. The summed E-state index contributed by atoms with van der Waals surface area (Å²) in [4.78, 5) is 25.8. The zero-order chi connectivity index (χ0) is 15.6. The van der Waals surface area contributed by atoms with Gasteiger partial charge in [-0.15, -0.1) is 0 Å². The van der Waals surface area contributed by atoms with E-state index in [-0.39, 0.29) is 12.5 Å². The Hall–Kier alpha value is -2.13. The highest BCUT2D eigenvalue weighted by atomic mass is 35.5. The lowest BCUT2D eigenvalue weighted by Crippen LogP contribution is -2.40. The second-order valence-electron chi connectivity index (χ2n) is 5.47. The topological polar surface area (TPSA) is 37.4 Å². The second-order valence-corrected chi connectivity index (χ2v) is 5.89. The third-order valence-corrected chi connectivity index (χ3v) is 4.38. The van der Waals surface area contributed by atoms with Crippen molar-refractivity contribution in [2.45, 2.75) is 11.8 Å². The van der Waals surface area contributed by atoms with Crippen LogP contribution < -0.4 is 0 Å². The quantitative estimate of drug-likeness (QED) is 0.814. The highest BCUT2D eigenvalue weighted by molar-refractivity contribution is 6.64. The van der Waals surface area contributed by atoms with Gasteiger partial charge in [-0.1, -0.05) is 60.7 Å². The van der Waals surface area contributed by atoms with Gasteiger partial charge in [0.2, 0.25) is 11.1 Å². The Kier molecular flexibility index (Phi) is 3.99. The maximum atomic E-state index is 13.1. The predicted molar refractivity (Wildman–Crippen MR) is 85.7 cm³/mol. The minimum atomic E-state index is -0.727. The molecule has 2 aromatic carbocycles. The Bertz CT molecular complexity index is 645. The van der Waals surface area contributed by atoms with Crippen LogP contribution in [0.25, 0.3) is 0 Å². The van der Waals surface area contributed by atoms with E-state index in [0.29, 0.717) is 13.0 Å². The number of rotatable bonds is 4. The number of carbonyl (C=O) groups excluding carboxylic acids is 2. The molecule has 0 atom stereocenters. The van der Waals surface area contributed by atoms with E-state index < -0.39 is 10.7 Å². The highest BCUT2D eigenvalue weighted by Crippen LogP contribution is 2.41. The number of hydrogen-bond acceptors (Lipinski definition) is 2. The van der Waals surface area contributed by atoms with Crippen LogP contribution in [0.4, 0.5) is 0 Å². The fourth-order valence-electron chi connectivity index (χ4n) is 3.23. The van der Waals surface area contributed by atoms with Crippen molar-refractivity contribution in [1.29, 1.82) is 0 Å². The van der Waals surface area contributed by atoms with E-state index in [0.717, 1.165) is 11.1 Å². The lowest BCUT2D eigenvalue weighted by molar-refractivity contribution is -0.133. The monoisotopic (exact) mass is 313 g/mol. The fourth-order valence-corrected chi connectivity index (χ4v) is 3.37. The van der Waals surface area contributed by atoms with Crippen LogP contribution in [0.2, 0.25) is 0 Å². The molecule has 1 aliphatic heterocycles. The van der Waals surface area contributed by atoms with Gasteiger partial charge in [-0.3, -0.25) is 9.59 Å². The fraction of sp³-hybridized carbons (Fsp3) is 0.222. The molecular weight excluding hydrogens is 298 g/mol. The molecule has 4 heteroatoms. The predicted octanol–water partition coefficient (Wildman–Crippen LogP) is 2.97. The summed E-state index contributed by atoms with van der Waals surface area (Å²) >= 11 is 5.48. The smallest absolute Gasteiger partial charge is 0.241 e. The number of amides is 1. The first-order valence-corrected chi connectivity index (χ1v) is 7.61. The van der Waals surface area contributed by atoms with Crippen LogP contribution in [0.15, 0.2) is 60.7 Å². The molecule has 0 unspecified atom stereocenters. The van der Waals surface area contributed by atoms with Crippen LogP contribution in [-0.2, 0) is 15.0 Å². The maximum Gasteiger partial charge on any atom is 0.241 e. The van der Waals surface area contributed by atoms with Crippen molar-refractivity contribution >= 4 is 22.8 Å². The average Bonchev–Trinajstić information content (AvgIpc) is 2.87. The summed E-state index contributed by atoms with van der Waals surface area (Å²) in [6.07, 6.45) is 0.643. The number of likely N-dealkylation sites (tertiary alicyclic amines) is 1. The lowest BCUT2D eigenvalue weighted by Gasteiger charge is -2.29. The normalized spacial score (nSPS) is 16.8. The molecule has 0 aliphatic carbocycles. The van der Waals surface area contributed by atoms with Crippen LogP contribution >= 0.6 is 11.6 Å². The van der Waals surface area contributed by atoms with E-state index >= 15 is 0 Å². The average molecular weight is 314 g/mol. The molecule has 0 N–H and O–H groups in total. The Morgan fingerprint density at radius 2 is 1.50 bits per heavy atom. The molecule has 22 heavy (non-hydrogen) atoms. The molecule has 112 valence electrons. The van der Waals surface area contributed by atoms with Crippen LogP contribution in [0, 0.1) is 0 Å². The van der Waals surface area contributed by atoms with E-state index in [4.69, 9.17) is 11.6 Å². The van der Waals surface area contributed by atoms with Gasteiger partial charge >= 0.3 is 0 Å². The van der Waals surface area contributed by atoms with Gasteiger partial charge < -0.3 is 4.90 Å². The summed E-state index contributed by atoms with van der Waals surface area (Å²) in [7, 11) is 0. The molecule has 1 saturated heterocycles. The number of benzene rings is 2. The van der Waals surface area contributed by atoms with Crippen molar-refractivity contribution in [1.82, 2.24) is 4.90 Å². The Morgan fingerprint density at radius 1 is 1.00 bits per heavy atom. The number of nitrogens with zero attached hydrogens (tertiary/aromatic N) is 1. The zero-order valence-corrected chi connectivity index (χ0v) is 12.8. The Morgan fingerprint density at radius 3 is 1.95 bits per heavy atom. The molecule has 0 radical (unpaired) electrons. The summed E-state index contributed by atoms with van der Waals surface area (Å²) in [5, 5.41) is -0.509. The minimum absolute atomic E-state index is 0.0399. The lowest BCUT2D eigenvalue weighted by atomic mass is 9.73. The van der Waals surface area contributed by atoms with Crippen LogP contribution in [-0.4, -0.2) is 29.1 Å². The molecule has 1 aliphatic rings. The number of halogens is 1. The van der Waals surface area contributed by atoms with Crippen molar-refractivity contribution in [3.8, 4) is 0 Å². The maximum absolute atomic E-state index is 13.1. The highest BCUT2D eigenvalue weighted by Gasteiger charge is 2.49. The molecule has 0 bridgehead atoms. The second kappa shape index (κ2) is 5.93. The molecule has 0 spiro atoms. The van der Waals surface area contributed by atoms with Gasteiger partial charge in [0.15, 0.2) is 0 Å². The van der Waals surface area contributed by atoms with Gasteiger partial charge in [0, 0.05) is 6.54 Å². The van der Waals surface area contributed by atoms with E-state index in [1.54, 1.807) is 4.90 Å². The van der Waals surface area contributed by atoms with Gasteiger partial charge in [-0.2, -0.15) is 0 Å². The largest absolute Gasteiger partial charge is 0.333 e. The summed E-state index contributed by atoms with van der Waals surface area (Å²) in [5.41, 5.74) is 1.18. The third kappa shape index (κ3) is 2.42. The first-order chi connectivity index (χ1) is 10.6. The molecule has 0 aromatic heterocycles. The first-order valence-electron chi connectivity index (χ1n) is 7.23. The van der Waals surface area contributed by atoms with Crippen molar-refractivity contribution in [3.05, 3.63) is 71.8 Å². The van der Waals surface area contributed by atoms with Crippen molar-refractivity contribution < 1.29 is 9.59 Å². The van der Waals surface area contributed by atoms with Crippen molar-refractivity contribution in [3.63, 3.8) is 0 Å². The van der Waals surface area contributed by atoms with E-state index in [1.165, 1.54) is 0 Å². The molecule has 3 nitrogen and oxygen atoms in total. The van der Waals surface area contributed by atoms with Crippen molar-refractivity contribution in [2.75, 3.05) is 13.1 Å². The van der Waals surface area contributed by atoms with Gasteiger partial charge in [-0.05, 0) is 29.1 Å². The minimum Gasteiger partial charge on any atom is -0.333 e. The van der Waals surface area contributed by atoms with Gasteiger partial charge in [0.1, 0.15) is 5.41 Å². The van der Waals surface area contributed by atoms with Crippen molar-refractivity contribution in [2.24, 2.45) is 0 Å². The number of hydrogen-bond donors (Lipinski definition) is 0. The summed E-state index contributed by atoms with van der Waals surface area (Å²) < 4.78 is 0. The van der Waals surface area contributed by atoms with Crippen LogP contribution in [0.5, 0.6) is 0 Å².